The zero-order valence-electron chi connectivity index (χ0n) is 18.3. The first-order valence-corrected chi connectivity index (χ1v) is 11.5. The normalized spacial score (nSPS) is 17.4. The molecule has 1 saturated heterocycles. The number of carbonyl (C=O) groups is 4. The third-order valence-corrected chi connectivity index (χ3v) is 6.75. The summed E-state index contributed by atoms with van der Waals surface area (Å²) in [5.74, 6) is -1.84. The lowest BCUT2D eigenvalue weighted by Gasteiger charge is -2.22. The average molecular weight is 498 g/mol. The monoisotopic (exact) mass is 497 g/mol. The van der Waals surface area contributed by atoms with E-state index in [0.717, 1.165) is 16.2 Å². The number of thiophene rings is 1. The summed E-state index contributed by atoms with van der Waals surface area (Å²) in [7, 11) is 1.24. The summed E-state index contributed by atoms with van der Waals surface area (Å²) in [5.41, 5.74) is 0.571. The van der Waals surface area contributed by atoms with E-state index in [1.165, 1.54) is 7.11 Å². The van der Waals surface area contributed by atoms with Crippen LogP contribution in [0.4, 0.5) is 9.80 Å². The van der Waals surface area contributed by atoms with E-state index >= 15 is 0 Å². The van der Waals surface area contributed by atoms with Crippen molar-refractivity contribution in [1.82, 2.24) is 10.2 Å². The van der Waals surface area contributed by atoms with Gasteiger partial charge in [-0.25, -0.2) is 9.59 Å². The van der Waals surface area contributed by atoms with Crippen LogP contribution in [0.25, 0.3) is 11.1 Å². The Bertz CT molecular complexity index is 1290. The Morgan fingerprint density at radius 1 is 1.09 bits per heavy atom. The highest BCUT2D eigenvalue weighted by atomic mass is 35.5. The van der Waals surface area contributed by atoms with Crippen LogP contribution in [0.5, 0.6) is 0 Å². The summed E-state index contributed by atoms with van der Waals surface area (Å²) >= 11 is 7.41. The Hall–Kier alpha value is -3.69. The molecule has 8 nitrogen and oxygen atoms in total. The summed E-state index contributed by atoms with van der Waals surface area (Å²) in [6, 6.07) is 15.1. The van der Waals surface area contributed by atoms with Gasteiger partial charge in [-0.2, -0.15) is 0 Å². The molecule has 4 rings (SSSR count). The van der Waals surface area contributed by atoms with Gasteiger partial charge in [0.15, 0.2) is 0 Å². The standard InChI is InChI=1S/C24H20ClN3O5S/c1-24(14-8-4-3-5-9-14)22(31)28(23(32)27-24)12-18(29)26-20-19(21(30)33-2)16(13-34-20)15-10-6-7-11-17(15)25/h3-11,13H,12H2,1-2H3,(H,26,29)(H,27,32). The number of hydrogen-bond acceptors (Lipinski definition) is 6. The van der Waals surface area contributed by atoms with E-state index in [0.29, 0.717) is 21.7 Å². The fraction of sp³-hybridized carbons (Fsp3) is 0.167. The number of halogens is 1. The van der Waals surface area contributed by atoms with E-state index in [1.807, 2.05) is 0 Å². The first-order chi connectivity index (χ1) is 16.3. The van der Waals surface area contributed by atoms with Crippen LogP contribution in [-0.2, 0) is 19.9 Å². The van der Waals surface area contributed by atoms with Crippen molar-refractivity contribution in [2.45, 2.75) is 12.5 Å². The van der Waals surface area contributed by atoms with Crippen molar-refractivity contribution in [2.24, 2.45) is 0 Å². The Morgan fingerprint density at radius 2 is 1.76 bits per heavy atom. The SMILES string of the molecule is COC(=O)c1c(-c2ccccc2Cl)csc1NC(=O)CN1C(=O)NC(C)(c2ccccc2)C1=O. The molecular formula is C24H20ClN3O5S. The minimum atomic E-state index is -1.28. The number of imide groups is 1. The van der Waals surface area contributed by atoms with Crippen molar-refractivity contribution in [2.75, 3.05) is 19.0 Å². The van der Waals surface area contributed by atoms with E-state index in [4.69, 9.17) is 16.3 Å². The van der Waals surface area contributed by atoms with Gasteiger partial charge in [0.05, 0.1) is 7.11 Å². The molecule has 0 spiro atoms. The second-order valence-electron chi connectivity index (χ2n) is 7.69. The van der Waals surface area contributed by atoms with Gasteiger partial charge in [-0.05, 0) is 18.6 Å². The molecule has 1 aliphatic rings. The van der Waals surface area contributed by atoms with Crippen LogP contribution >= 0.6 is 22.9 Å². The number of methoxy groups -OCH3 is 1. The van der Waals surface area contributed by atoms with E-state index in [9.17, 15) is 19.2 Å². The fourth-order valence-electron chi connectivity index (χ4n) is 3.75. The zero-order valence-corrected chi connectivity index (χ0v) is 19.8. The maximum absolute atomic E-state index is 13.1. The van der Waals surface area contributed by atoms with Crippen molar-refractivity contribution in [3.8, 4) is 11.1 Å². The van der Waals surface area contributed by atoms with Crippen LogP contribution < -0.4 is 10.6 Å². The summed E-state index contributed by atoms with van der Waals surface area (Å²) < 4.78 is 4.91. The summed E-state index contributed by atoms with van der Waals surface area (Å²) in [6.07, 6.45) is 0. The minimum absolute atomic E-state index is 0.139. The molecule has 0 aliphatic carbocycles. The number of amides is 4. The summed E-state index contributed by atoms with van der Waals surface area (Å²) in [4.78, 5) is 51.8. The molecule has 3 aromatic rings. The molecule has 2 aromatic carbocycles. The molecule has 2 N–H and O–H groups in total. The van der Waals surface area contributed by atoms with Crippen LogP contribution in [0.15, 0.2) is 60.0 Å². The van der Waals surface area contributed by atoms with Gasteiger partial charge in [-0.3, -0.25) is 14.5 Å². The van der Waals surface area contributed by atoms with Crippen molar-refractivity contribution in [1.29, 1.82) is 0 Å². The minimum Gasteiger partial charge on any atom is -0.465 e. The predicted molar refractivity (Wildman–Crippen MR) is 129 cm³/mol. The number of rotatable bonds is 6. The van der Waals surface area contributed by atoms with Gasteiger partial charge in [-0.15, -0.1) is 11.3 Å². The van der Waals surface area contributed by atoms with E-state index in [2.05, 4.69) is 10.6 Å². The van der Waals surface area contributed by atoms with Gasteiger partial charge in [0.1, 0.15) is 22.6 Å². The number of nitrogens with zero attached hydrogens (tertiary/aromatic N) is 1. The highest BCUT2D eigenvalue weighted by Gasteiger charge is 2.49. The van der Waals surface area contributed by atoms with E-state index in [-0.39, 0.29) is 10.6 Å². The Labute approximate surface area is 204 Å². The molecule has 2 heterocycles. The highest BCUT2D eigenvalue weighted by molar-refractivity contribution is 7.15. The Kier molecular flexibility index (Phi) is 6.41. The molecule has 1 aliphatic heterocycles. The molecule has 0 radical (unpaired) electrons. The fourth-order valence-corrected chi connectivity index (χ4v) is 4.95. The Balaban J connectivity index is 1.57. The first kappa shape index (κ1) is 23.5. The number of esters is 1. The number of benzene rings is 2. The lowest BCUT2D eigenvalue weighted by Crippen LogP contribution is -2.42. The van der Waals surface area contributed by atoms with Gasteiger partial charge in [-0.1, -0.05) is 60.1 Å². The van der Waals surface area contributed by atoms with Crippen LogP contribution in [0, 0.1) is 0 Å². The second kappa shape index (κ2) is 9.28. The maximum atomic E-state index is 13.1. The zero-order chi connectivity index (χ0) is 24.5. The molecule has 174 valence electrons. The quantitative estimate of drug-likeness (QED) is 0.391. The number of nitrogens with one attached hydrogen (secondary N) is 2. The second-order valence-corrected chi connectivity index (χ2v) is 8.97. The smallest absolute Gasteiger partial charge is 0.341 e. The molecule has 34 heavy (non-hydrogen) atoms. The lowest BCUT2D eigenvalue weighted by molar-refractivity contribution is -0.133. The van der Waals surface area contributed by atoms with Crippen molar-refractivity contribution >= 4 is 51.8 Å². The van der Waals surface area contributed by atoms with Gasteiger partial charge in [0, 0.05) is 21.5 Å². The number of ether oxygens (including phenoxy) is 1. The number of carbonyl (C=O) groups excluding carboxylic acids is 4. The van der Waals surface area contributed by atoms with Gasteiger partial charge < -0.3 is 15.4 Å². The molecule has 1 atom stereocenters. The summed E-state index contributed by atoms with van der Waals surface area (Å²) in [5, 5.41) is 7.63. The summed E-state index contributed by atoms with van der Waals surface area (Å²) in [6.45, 7) is 1.07. The largest absolute Gasteiger partial charge is 0.465 e. The molecule has 1 aromatic heterocycles. The molecule has 1 fully saturated rings. The van der Waals surface area contributed by atoms with Crippen molar-refractivity contribution < 1.29 is 23.9 Å². The van der Waals surface area contributed by atoms with Gasteiger partial charge in [0.25, 0.3) is 5.91 Å². The molecule has 10 heteroatoms. The van der Waals surface area contributed by atoms with Crippen LogP contribution in [0.1, 0.15) is 22.8 Å². The highest BCUT2D eigenvalue weighted by Crippen LogP contribution is 2.39. The van der Waals surface area contributed by atoms with E-state index in [1.54, 1.807) is 66.9 Å². The lowest BCUT2D eigenvalue weighted by atomic mass is 9.92. The third-order valence-electron chi connectivity index (χ3n) is 5.53. The number of hydrogen-bond donors (Lipinski definition) is 2. The molecular weight excluding hydrogens is 478 g/mol. The van der Waals surface area contributed by atoms with Crippen LogP contribution in [0.2, 0.25) is 5.02 Å². The van der Waals surface area contributed by atoms with Crippen LogP contribution in [0.3, 0.4) is 0 Å². The first-order valence-electron chi connectivity index (χ1n) is 10.2. The molecule has 0 bridgehead atoms. The number of anilines is 1. The van der Waals surface area contributed by atoms with E-state index < -0.39 is 35.9 Å². The topological polar surface area (TPSA) is 105 Å². The number of urea groups is 1. The van der Waals surface area contributed by atoms with Gasteiger partial charge >= 0.3 is 12.0 Å². The van der Waals surface area contributed by atoms with Crippen LogP contribution in [-0.4, -0.2) is 42.4 Å². The molecule has 4 amide bonds. The predicted octanol–water partition coefficient (Wildman–Crippen LogP) is 4.26. The third kappa shape index (κ3) is 4.15. The average Bonchev–Trinajstić information content (AvgIpc) is 3.34. The Morgan fingerprint density at radius 3 is 2.44 bits per heavy atom. The van der Waals surface area contributed by atoms with Crippen molar-refractivity contribution in [3.63, 3.8) is 0 Å². The molecule has 0 saturated carbocycles. The molecule has 1 unspecified atom stereocenters. The van der Waals surface area contributed by atoms with Gasteiger partial charge in [0.2, 0.25) is 5.91 Å². The van der Waals surface area contributed by atoms with Crippen molar-refractivity contribution in [3.05, 3.63) is 76.1 Å². The maximum Gasteiger partial charge on any atom is 0.341 e.